The molecule has 0 saturated carbocycles. The Kier molecular flexibility index (Phi) is 5.82. The number of halogens is 1. The Hall–Kier alpha value is -1.07. The molecule has 0 aliphatic carbocycles. The summed E-state index contributed by atoms with van der Waals surface area (Å²) in [6, 6.07) is -0.230. The topological polar surface area (TPSA) is 50.2 Å². The van der Waals surface area contributed by atoms with Gasteiger partial charge < -0.3 is 10.2 Å². The maximum atomic E-state index is 12.1. The fourth-order valence-electron chi connectivity index (χ4n) is 2.02. The number of hydrogen-bond donors (Lipinski definition) is 1. The molecule has 6 heteroatoms. The number of rotatable bonds is 6. The van der Waals surface area contributed by atoms with E-state index in [4.69, 9.17) is 11.6 Å². The van der Waals surface area contributed by atoms with Crippen LogP contribution in [0.3, 0.4) is 0 Å². The fraction of sp³-hybridized carbons (Fsp3) is 0.692. The lowest BCUT2D eigenvalue weighted by molar-refractivity contribution is -0.132. The van der Waals surface area contributed by atoms with E-state index in [1.165, 1.54) is 0 Å². The minimum absolute atomic E-state index is 0.111. The molecule has 0 saturated heterocycles. The summed E-state index contributed by atoms with van der Waals surface area (Å²) in [5, 5.41) is 8.12. The SMILES string of the molecule is CCN(CC)C(=O)C(C)NCc1c(Cl)c(C)nn1C. The van der Waals surface area contributed by atoms with Crippen LogP contribution in [0, 0.1) is 6.92 Å². The first-order valence-corrected chi connectivity index (χ1v) is 7.00. The summed E-state index contributed by atoms with van der Waals surface area (Å²) in [6.45, 7) is 9.70. The molecule has 5 nitrogen and oxygen atoms in total. The number of hydrogen-bond acceptors (Lipinski definition) is 3. The first-order valence-electron chi connectivity index (χ1n) is 6.62. The van der Waals surface area contributed by atoms with E-state index in [0.717, 1.165) is 24.5 Å². The van der Waals surface area contributed by atoms with Crippen molar-refractivity contribution in [3.63, 3.8) is 0 Å². The summed E-state index contributed by atoms with van der Waals surface area (Å²) in [6.07, 6.45) is 0. The van der Waals surface area contributed by atoms with E-state index in [0.29, 0.717) is 11.6 Å². The third kappa shape index (κ3) is 3.70. The van der Waals surface area contributed by atoms with Gasteiger partial charge in [0.2, 0.25) is 5.91 Å². The van der Waals surface area contributed by atoms with Crippen LogP contribution in [0.15, 0.2) is 0 Å². The molecule has 1 aromatic rings. The summed E-state index contributed by atoms with van der Waals surface area (Å²) in [7, 11) is 1.85. The lowest BCUT2D eigenvalue weighted by Crippen LogP contribution is -2.44. The summed E-state index contributed by atoms with van der Waals surface area (Å²) in [4.78, 5) is 13.9. The van der Waals surface area contributed by atoms with Crippen LogP contribution in [-0.2, 0) is 18.4 Å². The molecule has 0 aliphatic heterocycles. The molecule has 19 heavy (non-hydrogen) atoms. The van der Waals surface area contributed by atoms with Crippen LogP contribution in [0.1, 0.15) is 32.2 Å². The highest BCUT2D eigenvalue weighted by atomic mass is 35.5. The van der Waals surface area contributed by atoms with Gasteiger partial charge >= 0.3 is 0 Å². The van der Waals surface area contributed by atoms with Gasteiger partial charge in [-0.3, -0.25) is 9.48 Å². The molecule has 1 N–H and O–H groups in total. The Morgan fingerprint density at radius 3 is 2.47 bits per heavy atom. The maximum absolute atomic E-state index is 12.1. The first-order chi connectivity index (χ1) is 8.92. The highest BCUT2D eigenvalue weighted by Crippen LogP contribution is 2.19. The van der Waals surface area contributed by atoms with E-state index in [2.05, 4.69) is 10.4 Å². The number of aryl methyl sites for hydroxylation is 2. The Labute approximate surface area is 119 Å². The van der Waals surface area contributed by atoms with Gasteiger partial charge in [-0.1, -0.05) is 11.6 Å². The van der Waals surface area contributed by atoms with Crippen molar-refractivity contribution in [2.45, 2.75) is 40.3 Å². The normalized spacial score (nSPS) is 12.5. The van der Waals surface area contributed by atoms with E-state index in [1.54, 1.807) is 4.68 Å². The van der Waals surface area contributed by atoms with E-state index in [-0.39, 0.29) is 11.9 Å². The molecule has 0 spiro atoms. The maximum Gasteiger partial charge on any atom is 0.239 e. The van der Waals surface area contributed by atoms with Crippen LogP contribution in [0.2, 0.25) is 5.02 Å². The van der Waals surface area contributed by atoms with Crippen molar-refractivity contribution in [1.29, 1.82) is 0 Å². The Balaban J connectivity index is 2.63. The molecule has 1 aromatic heterocycles. The van der Waals surface area contributed by atoms with E-state index >= 15 is 0 Å². The predicted molar refractivity (Wildman–Crippen MR) is 77.2 cm³/mol. The summed E-state index contributed by atoms with van der Waals surface area (Å²) in [5.74, 6) is 0.111. The van der Waals surface area contributed by atoms with Crippen LogP contribution < -0.4 is 5.32 Å². The Bertz CT molecular complexity index is 440. The molecule has 0 bridgehead atoms. The second kappa shape index (κ2) is 6.91. The average molecular weight is 287 g/mol. The van der Waals surface area contributed by atoms with E-state index < -0.39 is 0 Å². The average Bonchev–Trinajstić information content (AvgIpc) is 2.62. The molecule has 1 atom stereocenters. The zero-order chi connectivity index (χ0) is 14.6. The molecule has 1 rings (SSSR count). The van der Waals surface area contributed by atoms with Gasteiger partial charge in [-0.25, -0.2) is 0 Å². The number of nitrogens with zero attached hydrogens (tertiary/aromatic N) is 3. The van der Waals surface area contributed by atoms with Gasteiger partial charge in [-0.05, 0) is 27.7 Å². The zero-order valence-corrected chi connectivity index (χ0v) is 13.1. The molecule has 1 heterocycles. The lowest BCUT2D eigenvalue weighted by Gasteiger charge is -2.23. The Morgan fingerprint density at radius 2 is 2.05 bits per heavy atom. The predicted octanol–water partition coefficient (Wildman–Crippen LogP) is 1.73. The van der Waals surface area contributed by atoms with E-state index in [1.807, 2.05) is 39.6 Å². The van der Waals surface area contributed by atoms with Crippen LogP contribution in [0.25, 0.3) is 0 Å². The zero-order valence-electron chi connectivity index (χ0n) is 12.3. The summed E-state index contributed by atoms with van der Waals surface area (Å²) >= 11 is 6.18. The highest BCUT2D eigenvalue weighted by molar-refractivity contribution is 6.31. The largest absolute Gasteiger partial charge is 0.342 e. The number of likely N-dealkylation sites (N-methyl/N-ethyl adjacent to an activating group) is 1. The standard InChI is InChI=1S/C13H23ClN4O/c1-6-18(7-2)13(19)10(4)15-8-11-12(14)9(3)16-17(11)5/h10,15H,6-8H2,1-5H3. The number of nitrogens with one attached hydrogen (secondary N) is 1. The molecule has 108 valence electrons. The van der Waals surface area contributed by atoms with Crippen LogP contribution >= 0.6 is 11.6 Å². The molecule has 1 unspecified atom stereocenters. The van der Waals surface area contributed by atoms with Crippen LogP contribution in [0.4, 0.5) is 0 Å². The fourth-order valence-corrected chi connectivity index (χ4v) is 2.25. The van der Waals surface area contributed by atoms with Crippen molar-refractivity contribution in [1.82, 2.24) is 20.0 Å². The first kappa shape index (κ1) is 16.0. The van der Waals surface area contributed by atoms with Gasteiger partial charge in [-0.2, -0.15) is 5.10 Å². The highest BCUT2D eigenvalue weighted by Gasteiger charge is 2.19. The quantitative estimate of drug-likeness (QED) is 0.866. The van der Waals surface area contributed by atoms with Gasteiger partial charge in [-0.15, -0.1) is 0 Å². The molecule has 0 fully saturated rings. The van der Waals surface area contributed by atoms with Crippen molar-refractivity contribution in [3.05, 3.63) is 16.4 Å². The van der Waals surface area contributed by atoms with Crippen molar-refractivity contribution in [3.8, 4) is 0 Å². The lowest BCUT2D eigenvalue weighted by atomic mass is 10.2. The number of carbonyl (C=O) groups excluding carboxylic acids is 1. The van der Waals surface area contributed by atoms with Crippen LogP contribution in [0.5, 0.6) is 0 Å². The van der Waals surface area contributed by atoms with Crippen molar-refractivity contribution in [2.24, 2.45) is 7.05 Å². The Morgan fingerprint density at radius 1 is 1.47 bits per heavy atom. The number of amides is 1. The van der Waals surface area contributed by atoms with Crippen molar-refractivity contribution >= 4 is 17.5 Å². The summed E-state index contributed by atoms with van der Waals surface area (Å²) < 4.78 is 1.75. The smallest absolute Gasteiger partial charge is 0.239 e. The second-order valence-electron chi connectivity index (χ2n) is 4.58. The molecule has 0 radical (unpaired) electrons. The van der Waals surface area contributed by atoms with Gasteiger partial charge in [0.25, 0.3) is 0 Å². The molecule has 0 aliphatic rings. The van der Waals surface area contributed by atoms with Gasteiger partial charge in [0.05, 0.1) is 22.5 Å². The van der Waals surface area contributed by atoms with Gasteiger partial charge in [0, 0.05) is 26.7 Å². The van der Waals surface area contributed by atoms with Gasteiger partial charge in [0.15, 0.2) is 0 Å². The third-order valence-electron chi connectivity index (χ3n) is 3.28. The van der Waals surface area contributed by atoms with E-state index in [9.17, 15) is 4.79 Å². The minimum Gasteiger partial charge on any atom is -0.342 e. The van der Waals surface area contributed by atoms with Crippen molar-refractivity contribution < 1.29 is 4.79 Å². The van der Waals surface area contributed by atoms with Crippen LogP contribution in [-0.4, -0.2) is 39.7 Å². The molecular weight excluding hydrogens is 264 g/mol. The molecule has 1 amide bonds. The van der Waals surface area contributed by atoms with Crippen molar-refractivity contribution in [2.75, 3.05) is 13.1 Å². The number of carbonyl (C=O) groups is 1. The summed E-state index contributed by atoms with van der Waals surface area (Å²) in [5.41, 5.74) is 1.71. The van der Waals surface area contributed by atoms with Gasteiger partial charge in [0.1, 0.15) is 0 Å². The second-order valence-corrected chi connectivity index (χ2v) is 4.96. The molecule has 0 aromatic carbocycles. The molecular formula is C13H23ClN4O. The number of aromatic nitrogens is 2. The minimum atomic E-state index is -0.230. The third-order valence-corrected chi connectivity index (χ3v) is 3.77. The monoisotopic (exact) mass is 286 g/mol.